The maximum atomic E-state index is 12.3. The van der Waals surface area contributed by atoms with Gasteiger partial charge in [-0.05, 0) is 0 Å². The van der Waals surface area contributed by atoms with Crippen LogP contribution in [0.25, 0.3) is 0 Å². The van der Waals surface area contributed by atoms with Crippen molar-refractivity contribution >= 4 is 56.8 Å². The Kier molecular flexibility index (Phi) is 24.5. The van der Waals surface area contributed by atoms with E-state index in [1.54, 1.807) is 13.8 Å². The molecule has 0 aromatic rings. The van der Waals surface area contributed by atoms with Gasteiger partial charge in [0.25, 0.3) is 0 Å². The molecule has 0 aliphatic heterocycles. The van der Waals surface area contributed by atoms with E-state index in [4.69, 9.17) is 14.0 Å². The maximum absolute atomic E-state index is 12.3. The second kappa shape index (κ2) is 26.5. The molecule has 0 heterocycles. The first-order valence-electron chi connectivity index (χ1n) is 14.8. The Labute approximate surface area is 262 Å². The standard InChI is InChI=1S/C18H32O4.2C6H8O4.Sn.H/c1-3-5-6-7-8-9-11-16(10-4-2)14-15-22-18(21)13-12-17(19)20;2*1-2-10-6(9)4-3-5(7)8;;/h12-13,16H,3-11,14-15H2,1-2H3,(H,19,20);2*3-4H,2H2,1H3,(H,7,8);;/q;;;+3;/p-3/b13-12-;2*4-3-;;/t16-;;;;/m0..../s1. The third kappa shape index (κ3) is 24.0. The van der Waals surface area contributed by atoms with Crippen molar-refractivity contribution in [2.45, 2.75) is 91.9 Å². The molecule has 0 radical (unpaired) electrons. The van der Waals surface area contributed by atoms with Gasteiger partial charge in [0, 0.05) is 0 Å². The molecule has 0 aromatic heterocycles. The molecule has 0 aromatic carbocycles. The first-order chi connectivity index (χ1) is 20.6. The normalized spacial score (nSPS) is 11.9. The second-order valence-corrected chi connectivity index (χ2v) is 12.9. The molecule has 0 aliphatic carbocycles. The summed E-state index contributed by atoms with van der Waals surface area (Å²) >= 11 is -4.69. The molecular formula is C30H46O12Sn. The Bertz CT molecular complexity index is 915. The quantitative estimate of drug-likeness (QED) is 0.0488. The molecule has 43 heavy (non-hydrogen) atoms. The predicted molar refractivity (Wildman–Crippen MR) is 158 cm³/mol. The molecule has 1 atom stereocenters. The first kappa shape index (κ1) is 39.8. The molecule has 0 aliphatic rings. The van der Waals surface area contributed by atoms with Gasteiger partial charge in [0.15, 0.2) is 0 Å². The van der Waals surface area contributed by atoms with Gasteiger partial charge in [0.2, 0.25) is 0 Å². The van der Waals surface area contributed by atoms with E-state index in [1.165, 1.54) is 32.1 Å². The van der Waals surface area contributed by atoms with E-state index in [0.29, 0.717) is 18.1 Å². The van der Waals surface area contributed by atoms with E-state index in [2.05, 4.69) is 23.3 Å². The van der Waals surface area contributed by atoms with Gasteiger partial charge in [-0.2, -0.15) is 0 Å². The van der Waals surface area contributed by atoms with Crippen LogP contribution in [-0.2, 0) is 52.2 Å². The molecule has 242 valence electrons. The molecule has 0 saturated heterocycles. The van der Waals surface area contributed by atoms with E-state index >= 15 is 0 Å². The molecule has 0 bridgehead atoms. The van der Waals surface area contributed by atoms with Crippen molar-refractivity contribution in [2.24, 2.45) is 5.92 Å². The SMILES string of the molecule is CCCCCCCC[C@H](CCC)CCOC(=O)/C=C\C(=O)[O][SnH]([O]C(=O)/C=C\C(=O)OCC)[O]C(=O)/C=C\C(=O)OCC. The Balaban J connectivity index is 4.98. The molecule has 12 nitrogen and oxygen atoms in total. The summed E-state index contributed by atoms with van der Waals surface area (Å²) in [5.74, 6) is -5.32. The Morgan fingerprint density at radius 2 is 0.907 bits per heavy atom. The zero-order valence-electron chi connectivity index (χ0n) is 25.7. The zero-order valence-corrected chi connectivity index (χ0v) is 29.0. The molecule has 0 rings (SSSR count). The van der Waals surface area contributed by atoms with Crippen LogP contribution in [-0.4, -0.2) is 76.6 Å². The molecule has 0 amide bonds. The number of hydrogen-bond acceptors (Lipinski definition) is 12. The van der Waals surface area contributed by atoms with Crippen LogP contribution in [0.3, 0.4) is 0 Å². The molecule has 0 spiro atoms. The molecular weight excluding hydrogens is 671 g/mol. The fourth-order valence-corrected chi connectivity index (χ4v) is 6.40. The summed E-state index contributed by atoms with van der Waals surface area (Å²) in [4.78, 5) is 71.3. The van der Waals surface area contributed by atoms with E-state index in [9.17, 15) is 28.8 Å². The summed E-state index contributed by atoms with van der Waals surface area (Å²) in [6.45, 7) is 7.82. The van der Waals surface area contributed by atoms with Gasteiger partial charge in [-0.3, -0.25) is 0 Å². The number of rotatable bonds is 23. The Hall–Kier alpha value is -3.16. The van der Waals surface area contributed by atoms with Gasteiger partial charge >= 0.3 is 231 Å². The number of esters is 3. The van der Waals surface area contributed by atoms with Crippen molar-refractivity contribution in [1.82, 2.24) is 0 Å². The van der Waals surface area contributed by atoms with E-state index in [1.807, 2.05) is 0 Å². The van der Waals surface area contributed by atoms with Crippen molar-refractivity contribution in [2.75, 3.05) is 19.8 Å². The summed E-state index contributed by atoms with van der Waals surface area (Å²) < 4.78 is 29.4. The molecule has 0 fully saturated rings. The average molecular weight is 717 g/mol. The van der Waals surface area contributed by atoms with Crippen LogP contribution in [0.4, 0.5) is 0 Å². The Morgan fingerprint density at radius 1 is 0.488 bits per heavy atom. The van der Waals surface area contributed by atoms with E-state index in [-0.39, 0.29) is 19.8 Å². The molecule has 0 N–H and O–H groups in total. The van der Waals surface area contributed by atoms with Crippen molar-refractivity contribution in [3.05, 3.63) is 36.5 Å². The van der Waals surface area contributed by atoms with Crippen LogP contribution < -0.4 is 0 Å². The average Bonchev–Trinajstić information content (AvgIpc) is 2.96. The second-order valence-electron chi connectivity index (χ2n) is 9.27. The van der Waals surface area contributed by atoms with Gasteiger partial charge < -0.3 is 0 Å². The summed E-state index contributed by atoms with van der Waals surface area (Å²) in [7, 11) is 0. The van der Waals surface area contributed by atoms with Crippen LogP contribution in [0, 0.1) is 5.92 Å². The van der Waals surface area contributed by atoms with Gasteiger partial charge in [-0.25, -0.2) is 0 Å². The van der Waals surface area contributed by atoms with E-state index < -0.39 is 56.8 Å². The monoisotopic (exact) mass is 718 g/mol. The number of carbonyl (C=O) groups is 6. The van der Waals surface area contributed by atoms with Gasteiger partial charge in [0.1, 0.15) is 0 Å². The summed E-state index contributed by atoms with van der Waals surface area (Å²) in [5, 5.41) is 0. The number of hydrogen-bond donors (Lipinski definition) is 0. The summed E-state index contributed by atoms with van der Waals surface area (Å²) in [5.41, 5.74) is 0. The fraction of sp³-hybridized carbons (Fsp3) is 0.600. The zero-order chi connectivity index (χ0) is 32.3. The third-order valence-electron chi connectivity index (χ3n) is 5.71. The summed E-state index contributed by atoms with van der Waals surface area (Å²) in [6.07, 6.45) is 15.8. The van der Waals surface area contributed by atoms with Crippen LogP contribution in [0.2, 0.25) is 0 Å². The molecule has 13 heteroatoms. The minimum absolute atomic E-state index is 0.0788. The molecule has 0 unspecified atom stereocenters. The third-order valence-corrected chi connectivity index (χ3v) is 9.35. The van der Waals surface area contributed by atoms with Crippen molar-refractivity contribution in [1.29, 1.82) is 0 Å². The number of unbranched alkanes of at least 4 members (excludes halogenated alkanes) is 5. The van der Waals surface area contributed by atoms with Crippen LogP contribution in [0.15, 0.2) is 36.5 Å². The van der Waals surface area contributed by atoms with Crippen LogP contribution in [0.1, 0.15) is 91.9 Å². The number of carbonyl (C=O) groups excluding carboxylic acids is 6. The molecule has 0 saturated carbocycles. The van der Waals surface area contributed by atoms with Crippen LogP contribution in [0.5, 0.6) is 0 Å². The van der Waals surface area contributed by atoms with Crippen molar-refractivity contribution in [3.63, 3.8) is 0 Å². The minimum atomic E-state index is -4.69. The summed E-state index contributed by atoms with van der Waals surface area (Å²) in [6, 6.07) is 0. The van der Waals surface area contributed by atoms with Gasteiger partial charge in [-0.1, -0.05) is 32.6 Å². The van der Waals surface area contributed by atoms with Crippen molar-refractivity contribution < 1.29 is 52.2 Å². The Morgan fingerprint density at radius 3 is 1.35 bits per heavy atom. The predicted octanol–water partition coefficient (Wildman–Crippen LogP) is 4.23. The van der Waals surface area contributed by atoms with E-state index in [0.717, 1.165) is 56.4 Å². The van der Waals surface area contributed by atoms with Gasteiger partial charge in [-0.15, -0.1) is 0 Å². The number of ether oxygens (including phenoxy) is 3. The fourth-order valence-electron chi connectivity index (χ4n) is 3.69. The van der Waals surface area contributed by atoms with Crippen molar-refractivity contribution in [3.8, 4) is 0 Å². The first-order valence-corrected chi connectivity index (χ1v) is 18.8. The topological polar surface area (TPSA) is 158 Å². The van der Waals surface area contributed by atoms with Crippen LogP contribution >= 0.6 is 0 Å². The van der Waals surface area contributed by atoms with Gasteiger partial charge in [0.05, 0.1) is 0 Å².